The molecular formula is C10H11NO2. The van der Waals surface area contributed by atoms with Gasteiger partial charge in [0.2, 0.25) is 0 Å². The monoisotopic (exact) mass is 177 g/mol. The predicted octanol–water partition coefficient (Wildman–Crippen LogP) is 1.35. The largest absolute Gasteiger partial charge is 0.462 e. The Labute approximate surface area is 77.1 Å². The number of pyridine rings is 1. The second kappa shape index (κ2) is 5.09. The van der Waals surface area contributed by atoms with Crippen LogP contribution < -0.4 is 0 Å². The fraction of sp³-hybridized carbons (Fsp3) is 0.200. The van der Waals surface area contributed by atoms with Gasteiger partial charge in [-0.15, -0.1) is 0 Å². The van der Waals surface area contributed by atoms with Crippen LogP contribution in [0.4, 0.5) is 0 Å². The van der Waals surface area contributed by atoms with Gasteiger partial charge in [0.1, 0.15) is 0 Å². The molecule has 0 saturated heterocycles. The van der Waals surface area contributed by atoms with Crippen molar-refractivity contribution >= 4 is 5.97 Å². The van der Waals surface area contributed by atoms with Gasteiger partial charge < -0.3 is 4.74 Å². The van der Waals surface area contributed by atoms with Crippen LogP contribution in [0, 0.1) is 0 Å². The van der Waals surface area contributed by atoms with Crippen molar-refractivity contribution in [3.8, 4) is 0 Å². The minimum Gasteiger partial charge on any atom is -0.462 e. The number of hydrogen-bond donors (Lipinski definition) is 0. The van der Waals surface area contributed by atoms with E-state index in [1.807, 2.05) is 12.1 Å². The van der Waals surface area contributed by atoms with Crippen molar-refractivity contribution in [2.75, 3.05) is 6.61 Å². The number of rotatable bonds is 4. The molecule has 0 bridgehead atoms. The third-order valence-corrected chi connectivity index (χ3v) is 1.52. The summed E-state index contributed by atoms with van der Waals surface area (Å²) in [4.78, 5) is 14.6. The molecule has 0 spiro atoms. The lowest BCUT2D eigenvalue weighted by Crippen LogP contribution is -2.04. The van der Waals surface area contributed by atoms with E-state index in [2.05, 4.69) is 11.6 Å². The van der Waals surface area contributed by atoms with Gasteiger partial charge >= 0.3 is 5.97 Å². The van der Waals surface area contributed by atoms with E-state index < -0.39 is 0 Å². The summed E-state index contributed by atoms with van der Waals surface area (Å²) in [5.74, 6) is -0.385. The summed E-state index contributed by atoms with van der Waals surface area (Å²) in [5, 5.41) is 0. The van der Waals surface area contributed by atoms with Crippen LogP contribution in [-0.2, 0) is 16.0 Å². The average molecular weight is 177 g/mol. The van der Waals surface area contributed by atoms with Gasteiger partial charge in [0.05, 0.1) is 6.61 Å². The van der Waals surface area contributed by atoms with Crippen LogP contribution in [-0.4, -0.2) is 17.6 Å². The number of aromatic nitrogens is 1. The maximum atomic E-state index is 10.6. The van der Waals surface area contributed by atoms with Crippen molar-refractivity contribution in [1.29, 1.82) is 0 Å². The standard InChI is InChI=1S/C10H11NO2/c1-2-10(12)13-7-5-9-4-3-6-11-8-9/h2-4,6,8H,1,5,7H2. The first-order valence-electron chi connectivity index (χ1n) is 4.01. The Bertz CT molecular complexity index is 282. The zero-order valence-corrected chi connectivity index (χ0v) is 7.27. The van der Waals surface area contributed by atoms with Crippen molar-refractivity contribution in [3.05, 3.63) is 42.7 Å². The lowest BCUT2D eigenvalue weighted by Gasteiger charge is -2.00. The van der Waals surface area contributed by atoms with Crippen molar-refractivity contribution in [2.45, 2.75) is 6.42 Å². The summed E-state index contributed by atoms with van der Waals surface area (Å²) in [6.45, 7) is 3.67. The summed E-state index contributed by atoms with van der Waals surface area (Å²) in [6, 6.07) is 3.79. The van der Waals surface area contributed by atoms with Crippen LogP contribution in [0.25, 0.3) is 0 Å². The van der Waals surface area contributed by atoms with Crippen molar-refractivity contribution in [2.24, 2.45) is 0 Å². The van der Waals surface area contributed by atoms with E-state index in [-0.39, 0.29) is 5.97 Å². The summed E-state index contributed by atoms with van der Waals surface area (Å²) in [7, 11) is 0. The molecule has 1 heterocycles. The van der Waals surface area contributed by atoms with E-state index >= 15 is 0 Å². The zero-order valence-electron chi connectivity index (χ0n) is 7.27. The number of nitrogens with zero attached hydrogens (tertiary/aromatic N) is 1. The first kappa shape index (κ1) is 9.45. The quantitative estimate of drug-likeness (QED) is 0.514. The van der Waals surface area contributed by atoms with Crippen molar-refractivity contribution in [1.82, 2.24) is 4.98 Å². The molecule has 0 N–H and O–H groups in total. The van der Waals surface area contributed by atoms with Gasteiger partial charge in [-0.25, -0.2) is 4.79 Å². The van der Waals surface area contributed by atoms with E-state index in [1.54, 1.807) is 12.4 Å². The van der Waals surface area contributed by atoms with Crippen LogP contribution >= 0.6 is 0 Å². The Balaban J connectivity index is 2.28. The number of hydrogen-bond acceptors (Lipinski definition) is 3. The summed E-state index contributed by atoms with van der Waals surface area (Å²) >= 11 is 0. The second-order valence-corrected chi connectivity index (χ2v) is 2.48. The molecule has 0 saturated carbocycles. The molecule has 0 radical (unpaired) electrons. The van der Waals surface area contributed by atoms with Crippen LogP contribution in [0.3, 0.4) is 0 Å². The van der Waals surface area contributed by atoms with Crippen LogP contribution in [0.2, 0.25) is 0 Å². The van der Waals surface area contributed by atoms with Gasteiger partial charge in [-0.3, -0.25) is 4.98 Å². The fourth-order valence-electron chi connectivity index (χ4n) is 0.874. The summed E-state index contributed by atoms with van der Waals surface area (Å²) < 4.78 is 4.81. The number of esters is 1. The Morgan fingerprint density at radius 1 is 1.69 bits per heavy atom. The van der Waals surface area contributed by atoms with Gasteiger partial charge in [0, 0.05) is 24.9 Å². The number of ether oxygens (including phenoxy) is 1. The highest BCUT2D eigenvalue weighted by Gasteiger charge is 1.96. The number of carbonyl (C=O) groups is 1. The van der Waals surface area contributed by atoms with E-state index in [9.17, 15) is 4.79 Å². The smallest absolute Gasteiger partial charge is 0.330 e. The van der Waals surface area contributed by atoms with E-state index in [4.69, 9.17) is 4.74 Å². The zero-order chi connectivity index (χ0) is 9.52. The van der Waals surface area contributed by atoms with Crippen molar-refractivity contribution < 1.29 is 9.53 Å². The molecule has 1 rings (SSSR count). The normalized spacial score (nSPS) is 9.23. The molecule has 13 heavy (non-hydrogen) atoms. The summed E-state index contributed by atoms with van der Waals surface area (Å²) in [5.41, 5.74) is 1.05. The van der Waals surface area contributed by atoms with Crippen molar-refractivity contribution in [3.63, 3.8) is 0 Å². The minimum atomic E-state index is -0.385. The Hall–Kier alpha value is -1.64. The highest BCUT2D eigenvalue weighted by molar-refractivity contribution is 5.81. The molecule has 0 aliphatic carbocycles. The van der Waals surface area contributed by atoms with Crippen LogP contribution in [0.1, 0.15) is 5.56 Å². The van der Waals surface area contributed by atoms with Crippen LogP contribution in [0.5, 0.6) is 0 Å². The summed E-state index contributed by atoms with van der Waals surface area (Å²) in [6.07, 6.45) is 5.30. The SMILES string of the molecule is C=CC(=O)OCCc1cccnc1. The molecule has 0 amide bonds. The topological polar surface area (TPSA) is 39.2 Å². The average Bonchev–Trinajstić information content (AvgIpc) is 2.19. The first-order chi connectivity index (χ1) is 6.33. The molecule has 0 aliphatic heterocycles. The molecule has 3 heteroatoms. The van der Waals surface area contributed by atoms with Gasteiger partial charge in [0.15, 0.2) is 0 Å². The van der Waals surface area contributed by atoms with E-state index in [1.165, 1.54) is 0 Å². The van der Waals surface area contributed by atoms with Gasteiger partial charge in [-0.2, -0.15) is 0 Å². The highest BCUT2D eigenvalue weighted by atomic mass is 16.5. The predicted molar refractivity (Wildman–Crippen MR) is 49.1 cm³/mol. The molecule has 0 aliphatic rings. The molecule has 1 aromatic rings. The third-order valence-electron chi connectivity index (χ3n) is 1.52. The highest BCUT2D eigenvalue weighted by Crippen LogP contribution is 1.97. The third kappa shape index (κ3) is 3.51. The minimum absolute atomic E-state index is 0.372. The molecule has 0 aromatic carbocycles. The Morgan fingerprint density at radius 3 is 3.15 bits per heavy atom. The van der Waals surface area contributed by atoms with E-state index in [0.717, 1.165) is 11.6 Å². The Kier molecular flexibility index (Phi) is 3.70. The molecule has 1 aromatic heterocycles. The molecular weight excluding hydrogens is 166 g/mol. The molecule has 3 nitrogen and oxygen atoms in total. The first-order valence-corrected chi connectivity index (χ1v) is 4.01. The fourth-order valence-corrected chi connectivity index (χ4v) is 0.874. The lowest BCUT2D eigenvalue weighted by molar-refractivity contribution is -0.137. The Morgan fingerprint density at radius 2 is 2.54 bits per heavy atom. The maximum Gasteiger partial charge on any atom is 0.330 e. The van der Waals surface area contributed by atoms with E-state index in [0.29, 0.717) is 13.0 Å². The molecule has 0 unspecified atom stereocenters. The van der Waals surface area contributed by atoms with Gasteiger partial charge in [0.25, 0.3) is 0 Å². The second-order valence-electron chi connectivity index (χ2n) is 2.48. The molecule has 0 atom stereocenters. The van der Waals surface area contributed by atoms with Gasteiger partial charge in [-0.05, 0) is 11.6 Å². The van der Waals surface area contributed by atoms with Crippen LogP contribution in [0.15, 0.2) is 37.2 Å². The molecule has 0 fully saturated rings. The lowest BCUT2D eigenvalue weighted by atomic mass is 10.2. The molecule has 68 valence electrons. The van der Waals surface area contributed by atoms with Gasteiger partial charge in [-0.1, -0.05) is 12.6 Å². The number of carbonyl (C=O) groups excluding carboxylic acids is 1. The maximum absolute atomic E-state index is 10.6.